The van der Waals surface area contributed by atoms with Crippen LogP contribution in [0.4, 0.5) is 0 Å². The molecule has 0 N–H and O–H groups in total. The molecule has 5 atom stereocenters. The number of hydrogen-bond donors (Lipinski definition) is 0. The van der Waals surface area contributed by atoms with Crippen molar-refractivity contribution in [3.63, 3.8) is 0 Å². The van der Waals surface area contributed by atoms with Gasteiger partial charge in [-0.3, -0.25) is 0 Å². The van der Waals surface area contributed by atoms with Crippen LogP contribution in [0.2, 0.25) is 6.32 Å². The highest BCUT2D eigenvalue weighted by atomic mass is 16.7. The van der Waals surface area contributed by atoms with E-state index in [1.807, 2.05) is 6.92 Å². The molecular weight excluding hydrogens is 225 g/mol. The first kappa shape index (κ1) is 12.5. The van der Waals surface area contributed by atoms with Crippen LogP contribution in [-0.2, 0) is 9.31 Å². The molecule has 3 saturated carbocycles. The van der Waals surface area contributed by atoms with E-state index >= 15 is 0 Å². The Kier molecular flexibility index (Phi) is 2.60. The van der Waals surface area contributed by atoms with Gasteiger partial charge in [0.15, 0.2) is 0 Å². The highest BCUT2D eigenvalue weighted by Crippen LogP contribution is 2.65. The van der Waals surface area contributed by atoms with Gasteiger partial charge < -0.3 is 9.31 Å². The summed E-state index contributed by atoms with van der Waals surface area (Å²) >= 11 is 0. The standard InChI is InChI=1S/C14H22BNO2/c1-9(8-16)7-15-17-12-6-10-5-11(13(10,2)3)14(12,4)18-15/h9-12H,5-7H2,1-4H3/t9-,10+,11+,12-,14+/m0/s1. The molecule has 4 rings (SSSR count). The minimum Gasteiger partial charge on any atom is -0.405 e. The molecule has 1 aliphatic heterocycles. The van der Waals surface area contributed by atoms with Crippen molar-refractivity contribution >= 4 is 7.12 Å². The molecule has 3 nitrogen and oxygen atoms in total. The van der Waals surface area contributed by atoms with Gasteiger partial charge in [0.2, 0.25) is 0 Å². The van der Waals surface area contributed by atoms with Crippen LogP contribution in [0.3, 0.4) is 0 Å². The Morgan fingerprint density at radius 2 is 2.11 bits per heavy atom. The summed E-state index contributed by atoms with van der Waals surface area (Å²) in [6.07, 6.45) is 3.34. The van der Waals surface area contributed by atoms with Gasteiger partial charge in [-0.2, -0.15) is 5.26 Å². The maximum Gasteiger partial charge on any atom is 0.458 e. The van der Waals surface area contributed by atoms with Crippen LogP contribution in [0.15, 0.2) is 0 Å². The quantitative estimate of drug-likeness (QED) is 0.704. The van der Waals surface area contributed by atoms with Gasteiger partial charge in [0, 0.05) is 5.92 Å². The molecule has 1 heterocycles. The zero-order chi connectivity index (χ0) is 13.1. The van der Waals surface area contributed by atoms with Gasteiger partial charge in [0.25, 0.3) is 0 Å². The molecule has 0 radical (unpaired) electrons. The van der Waals surface area contributed by atoms with E-state index in [1.165, 1.54) is 6.42 Å². The van der Waals surface area contributed by atoms with Crippen molar-refractivity contribution < 1.29 is 9.31 Å². The Balaban J connectivity index is 1.75. The molecule has 2 bridgehead atoms. The van der Waals surface area contributed by atoms with Crippen molar-refractivity contribution in [1.29, 1.82) is 5.26 Å². The molecule has 18 heavy (non-hydrogen) atoms. The predicted octanol–water partition coefficient (Wildman–Crippen LogP) is 2.87. The largest absolute Gasteiger partial charge is 0.458 e. The summed E-state index contributed by atoms with van der Waals surface area (Å²) in [5.41, 5.74) is 0.266. The van der Waals surface area contributed by atoms with Gasteiger partial charge in [0.1, 0.15) is 0 Å². The van der Waals surface area contributed by atoms with Gasteiger partial charge in [-0.1, -0.05) is 13.8 Å². The minimum absolute atomic E-state index is 0.00163. The summed E-state index contributed by atoms with van der Waals surface area (Å²) in [6, 6.07) is 2.26. The van der Waals surface area contributed by atoms with Crippen molar-refractivity contribution in [2.75, 3.05) is 0 Å². The highest BCUT2D eigenvalue weighted by molar-refractivity contribution is 6.45. The van der Waals surface area contributed by atoms with Crippen LogP contribution in [0.25, 0.3) is 0 Å². The van der Waals surface area contributed by atoms with E-state index < -0.39 is 0 Å². The van der Waals surface area contributed by atoms with Crippen LogP contribution >= 0.6 is 0 Å². The molecule has 0 amide bonds. The van der Waals surface area contributed by atoms with Gasteiger partial charge >= 0.3 is 7.12 Å². The normalized spacial score (nSPS) is 45.9. The SMILES string of the molecule is C[C@H](C#N)CB1O[C@H]2C[C@H]3C[C@H](C3(C)C)[C@@]2(C)O1. The van der Waals surface area contributed by atoms with E-state index in [2.05, 4.69) is 26.8 Å². The molecule has 98 valence electrons. The summed E-state index contributed by atoms with van der Waals surface area (Å²) in [4.78, 5) is 0. The van der Waals surface area contributed by atoms with Crippen molar-refractivity contribution in [3.05, 3.63) is 0 Å². The van der Waals surface area contributed by atoms with Crippen molar-refractivity contribution in [3.8, 4) is 6.07 Å². The first-order valence-electron chi connectivity index (χ1n) is 7.11. The first-order chi connectivity index (χ1) is 8.38. The lowest BCUT2D eigenvalue weighted by Gasteiger charge is -2.64. The van der Waals surface area contributed by atoms with E-state index in [9.17, 15) is 0 Å². The minimum atomic E-state index is -0.176. The fourth-order valence-electron chi connectivity index (χ4n) is 4.39. The molecule has 0 spiro atoms. The third-order valence-corrected chi connectivity index (χ3v) is 5.77. The highest BCUT2D eigenvalue weighted by Gasteiger charge is 2.67. The lowest BCUT2D eigenvalue weighted by atomic mass is 9.43. The molecule has 0 aromatic heterocycles. The lowest BCUT2D eigenvalue weighted by molar-refractivity contribution is -0.199. The fourth-order valence-corrected chi connectivity index (χ4v) is 4.39. The average Bonchev–Trinajstić information content (AvgIpc) is 2.63. The summed E-state index contributed by atoms with van der Waals surface area (Å²) in [7, 11) is -0.176. The molecule has 3 aliphatic carbocycles. The third kappa shape index (κ3) is 1.50. The maximum atomic E-state index is 8.90. The lowest BCUT2D eigenvalue weighted by Crippen LogP contribution is -2.65. The van der Waals surface area contributed by atoms with Crippen molar-refractivity contribution in [1.82, 2.24) is 0 Å². The summed E-state index contributed by atoms with van der Waals surface area (Å²) in [5, 5.41) is 8.90. The molecule has 0 aromatic carbocycles. The van der Waals surface area contributed by atoms with Gasteiger partial charge in [-0.15, -0.1) is 0 Å². The zero-order valence-corrected chi connectivity index (χ0v) is 11.8. The molecule has 1 saturated heterocycles. The zero-order valence-electron chi connectivity index (χ0n) is 11.8. The molecule has 4 fully saturated rings. The third-order valence-electron chi connectivity index (χ3n) is 5.77. The molecule has 4 heteroatoms. The van der Waals surface area contributed by atoms with E-state index in [0.29, 0.717) is 17.7 Å². The summed E-state index contributed by atoms with van der Waals surface area (Å²) in [5.74, 6) is 1.40. The molecule has 0 unspecified atom stereocenters. The Labute approximate surface area is 110 Å². The van der Waals surface area contributed by atoms with Crippen molar-refractivity contribution in [2.45, 2.75) is 58.6 Å². The average molecular weight is 247 g/mol. The Hall–Kier alpha value is -0.525. The number of nitrogens with zero attached hydrogens (tertiary/aromatic N) is 1. The Bertz CT molecular complexity index is 405. The van der Waals surface area contributed by atoms with E-state index in [1.54, 1.807) is 0 Å². The summed E-state index contributed by atoms with van der Waals surface area (Å²) < 4.78 is 12.3. The second-order valence-electron chi connectivity index (χ2n) is 7.16. The number of hydrogen-bond acceptors (Lipinski definition) is 3. The van der Waals surface area contributed by atoms with Gasteiger partial charge in [-0.25, -0.2) is 0 Å². The topological polar surface area (TPSA) is 42.2 Å². The van der Waals surface area contributed by atoms with Crippen LogP contribution in [-0.4, -0.2) is 18.8 Å². The monoisotopic (exact) mass is 247 g/mol. The number of rotatable bonds is 2. The summed E-state index contributed by atoms with van der Waals surface area (Å²) in [6.45, 7) is 8.88. The molecular formula is C14H22BNO2. The van der Waals surface area contributed by atoms with Gasteiger partial charge in [-0.05, 0) is 50.3 Å². The van der Waals surface area contributed by atoms with Crippen molar-refractivity contribution in [2.24, 2.45) is 23.2 Å². The van der Waals surface area contributed by atoms with E-state index in [0.717, 1.165) is 12.3 Å². The van der Waals surface area contributed by atoms with Gasteiger partial charge in [0.05, 0.1) is 17.8 Å². The Morgan fingerprint density at radius 3 is 2.72 bits per heavy atom. The molecule has 4 aliphatic rings. The van der Waals surface area contributed by atoms with Crippen LogP contribution in [0.5, 0.6) is 0 Å². The smallest absolute Gasteiger partial charge is 0.405 e. The maximum absolute atomic E-state index is 8.90. The van der Waals surface area contributed by atoms with Crippen LogP contribution < -0.4 is 0 Å². The van der Waals surface area contributed by atoms with Crippen LogP contribution in [0, 0.1) is 34.5 Å². The molecule has 0 aromatic rings. The fraction of sp³-hybridized carbons (Fsp3) is 0.929. The second kappa shape index (κ2) is 3.74. The number of nitriles is 1. The predicted molar refractivity (Wildman–Crippen MR) is 69.7 cm³/mol. The first-order valence-corrected chi connectivity index (χ1v) is 7.11. The Morgan fingerprint density at radius 1 is 1.39 bits per heavy atom. The van der Waals surface area contributed by atoms with Crippen LogP contribution in [0.1, 0.15) is 40.5 Å². The van der Waals surface area contributed by atoms with E-state index in [4.69, 9.17) is 14.6 Å². The second-order valence-corrected chi connectivity index (χ2v) is 7.16. The van der Waals surface area contributed by atoms with E-state index in [-0.39, 0.29) is 24.7 Å².